The molecule has 120 valence electrons. The van der Waals surface area contributed by atoms with Crippen molar-refractivity contribution in [3.8, 4) is 0 Å². The van der Waals surface area contributed by atoms with Gasteiger partial charge in [-0.1, -0.05) is 0 Å². The van der Waals surface area contributed by atoms with Crippen LogP contribution in [0.15, 0.2) is 23.2 Å². The van der Waals surface area contributed by atoms with Gasteiger partial charge < -0.3 is 15.8 Å². The molecule has 0 unspecified atom stereocenters. The molecule has 3 N–H and O–H groups in total. The van der Waals surface area contributed by atoms with Crippen molar-refractivity contribution >= 4 is 18.1 Å². The Balaban J connectivity index is 2.69. The highest BCUT2D eigenvalue weighted by atomic mass is 19.3. The minimum atomic E-state index is -3.55. The molecule has 1 aliphatic heterocycles. The van der Waals surface area contributed by atoms with Gasteiger partial charge in [-0.05, 0) is 39.0 Å². The van der Waals surface area contributed by atoms with Crippen molar-refractivity contribution < 1.29 is 22.7 Å². The van der Waals surface area contributed by atoms with Gasteiger partial charge in [0.1, 0.15) is 5.82 Å². The number of rotatable bonds is 3. The summed E-state index contributed by atoms with van der Waals surface area (Å²) >= 11 is 0. The number of nitrogens with zero attached hydrogens (tertiary/aromatic N) is 1. The molecule has 1 atom stereocenters. The van der Waals surface area contributed by atoms with E-state index in [1.54, 1.807) is 0 Å². The lowest BCUT2D eigenvalue weighted by Crippen LogP contribution is -2.62. The monoisotopic (exact) mass is 315 g/mol. The minimum absolute atomic E-state index is 0.168. The number of benzene rings is 1. The molecule has 1 aromatic rings. The van der Waals surface area contributed by atoms with Crippen molar-refractivity contribution in [3.63, 3.8) is 0 Å². The largest absolute Gasteiger partial charge is 0.453 e. The number of nitrogens with one attached hydrogen (secondary N) is 1. The Bertz CT molecular complexity index is 646. The van der Waals surface area contributed by atoms with Crippen LogP contribution in [0.25, 0.3) is 0 Å². The molecule has 0 fully saturated rings. The second-order valence-corrected chi connectivity index (χ2v) is 5.67. The lowest BCUT2D eigenvalue weighted by atomic mass is 9.77. The van der Waals surface area contributed by atoms with E-state index in [0.29, 0.717) is 6.41 Å². The summed E-state index contributed by atoms with van der Waals surface area (Å²) in [6.07, 6.45) is 0.364. The Kier molecular flexibility index (Phi) is 3.59. The molecule has 0 spiro atoms. The number of hydrogen-bond donors (Lipinski definition) is 2. The maximum Gasteiger partial charge on any atom is 0.315 e. The number of amidine groups is 1. The van der Waals surface area contributed by atoms with Gasteiger partial charge in [0.25, 0.3) is 6.02 Å². The first-order valence-corrected chi connectivity index (χ1v) is 6.47. The molecule has 1 heterocycles. The number of halogens is 3. The van der Waals surface area contributed by atoms with Gasteiger partial charge >= 0.3 is 5.92 Å². The number of carbonyl (C=O) groups is 1. The van der Waals surface area contributed by atoms with Gasteiger partial charge in [0.2, 0.25) is 6.41 Å². The topological polar surface area (TPSA) is 76.7 Å². The quantitative estimate of drug-likeness (QED) is 0.841. The van der Waals surface area contributed by atoms with E-state index in [9.17, 15) is 18.0 Å². The first-order chi connectivity index (χ1) is 10.0. The fourth-order valence-electron chi connectivity index (χ4n) is 2.51. The van der Waals surface area contributed by atoms with Crippen molar-refractivity contribution in [3.05, 3.63) is 29.6 Å². The summed E-state index contributed by atoms with van der Waals surface area (Å²) < 4.78 is 48.8. The maximum atomic E-state index is 14.8. The number of anilines is 1. The predicted octanol–water partition coefficient (Wildman–Crippen LogP) is 2.37. The van der Waals surface area contributed by atoms with Gasteiger partial charge in [-0.15, -0.1) is 0 Å². The summed E-state index contributed by atoms with van der Waals surface area (Å²) in [6.45, 7) is 3.38. The van der Waals surface area contributed by atoms with Crippen molar-refractivity contribution in [2.75, 3.05) is 5.32 Å². The number of aliphatic imine (C=N–C) groups is 1. The molecule has 0 aromatic heterocycles. The smallest absolute Gasteiger partial charge is 0.315 e. The molecule has 5 nitrogen and oxygen atoms in total. The molecule has 0 bridgehead atoms. The van der Waals surface area contributed by atoms with Crippen LogP contribution in [0.5, 0.6) is 0 Å². The second kappa shape index (κ2) is 4.89. The lowest BCUT2D eigenvalue weighted by molar-refractivity contribution is -0.207. The number of amides is 1. The summed E-state index contributed by atoms with van der Waals surface area (Å²) in [5.41, 5.74) is 1.02. The first kappa shape index (κ1) is 16.1. The minimum Gasteiger partial charge on any atom is -0.453 e. The first-order valence-electron chi connectivity index (χ1n) is 6.47. The van der Waals surface area contributed by atoms with E-state index in [4.69, 9.17) is 10.5 Å². The fraction of sp³-hybridized carbons (Fsp3) is 0.429. The highest BCUT2D eigenvalue weighted by Crippen LogP contribution is 2.51. The lowest BCUT2D eigenvalue weighted by Gasteiger charge is -2.46. The number of alkyl halides is 2. The third-order valence-corrected chi connectivity index (χ3v) is 3.78. The van der Waals surface area contributed by atoms with Crippen LogP contribution in [-0.2, 0) is 15.1 Å². The molecule has 1 aromatic carbocycles. The summed E-state index contributed by atoms with van der Waals surface area (Å²) in [5, 5.41) is 2.29. The van der Waals surface area contributed by atoms with Crippen molar-refractivity contribution in [1.29, 1.82) is 0 Å². The van der Waals surface area contributed by atoms with Gasteiger partial charge in [0.15, 0.2) is 11.1 Å². The molecule has 8 heteroatoms. The Morgan fingerprint density at radius 2 is 1.95 bits per heavy atom. The summed E-state index contributed by atoms with van der Waals surface area (Å²) in [6, 6.07) is 2.89. The zero-order valence-corrected chi connectivity index (χ0v) is 12.3. The molecule has 1 amide bonds. The Labute approximate surface area is 125 Å². The summed E-state index contributed by atoms with van der Waals surface area (Å²) in [4.78, 5) is 14.1. The van der Waals surface area contributed by atoms with E-state index < -0.39 is 28.9 Å². The SMILES string of the molecule is CC1(C)OC(N)=N[C@](C)(c2cc(NC=O)ccc2F)C1(F)F. The van der Waals surface area contributed by atoms with Crippen LogP contribution in [-0.4, -0.2) is 24.0 Å². The number of hydrogen-bond acceptors (Lipinski definition) is 4. The Hall–Kier alpha value is -2.25. The van der Waals surface area contributed by atoms with Gasteiger partial charge in [0, 0.05) is 11.3 Å². The van der Waals surface area contributed by atoms with Crippen LogP contribution >= 0.6 is 0 Å². The Morgan fingerprint density at radius 1 is 1.32 bits per heavy atom. The third kappa shape index (κ3) is 2.18. The van der Waals surface area contributed by atoms with Gasteiger partial charge in [-0.2, -0.15) is 8.78 Å². The zero-order valence-electron chi connectivity index (χ0n) is 12.3. The van der Waals surface area contributed by atoms with Crippen molar-refractivity contribution in [1.82, 2.24) is 0 Å². The van der Waals surface area contributed by atoms with Crippen LogP contribution in [0.4, 0.5) is 18.9 Å². The zero-order chi connectivity index (χ0) is 16.8. The average molecular weight is 315 g/mol. The molecule has 22 heavy (non-hydrogen) atoms. The van der Waals surface area contributed by atoms with Crippen molar-refractivity contribution in [2.45, 2.75) is 37.8 Å². The highest BCUT2D eigenvalue weighted by Gasteiger charge is 2.66. The molecule has 1 aliphatic rings. The van der Waals surface area contributed by atoms with E-state index in [0.717, 1.165) is 32.9 Å². The van der Waals surface area contributed by atoms with E-state index in [1.807, 2.05) is 0 Å². The van der Waals surface area contributed by atoms with Crippen LogP contribution in [0.3, 0.4) is 0 Å². The number of carbonyl (C=O) groups excluding carboxylic acids is 1. The van der Waals surface area contributed by atoms with E-state index in [-0.39, 0.29) is 11.3 Å². The van der Waals surface area contributed by atoms with E-state index in [2.05, 4.69) is 10.3 Å². The molecule has 0 radical (unpaired) electrons. The van der Waals surface area contributed by atoms with Crippen LogP contribution in [0, 0.1) is 5.82 Å². The molecule has 0 saturated heterocycles. The molecular formula is C14H16F3N3O2. The van der Waals surface area contributed by atoms with Crippen LogP contribution in [0.2, 0.25) is 0 Å². The Morgan fingerprint density at radius 3 is 2.55 bits per heavy atom. The maximum absolute atomic E-state index is 14.8. The summed E-state index contributed by atoms with van der Waals surface area (Å²) in [5.74, 6) is -4.43. The second-order valence-electron chi connectivity index (χ2n) is 5.67. The van der Waals surface area contributed by atoms with E-state index >= 15 is 0 Å². The molecule has 2 rings (SSSR count). The number of nitrogens with two attached hydrogens (primary N) is 1. The molecular weight excluding hydrogens is 299 g/mol. The molecule has 0 aliphatic carbocycles. The standard InChI is InChI=1S/C14H16F3N3O2/c1-12(2)14(16,17)13(3,20-11(18)22-12)9-6-8(19-7-21)4-5-10(9)15/h4-7H,1-3H3,(H2,18,20)(H,19,21)/t13-/m1/s1. The average Bonchev–Trinajstić information content (AvgIpc) is 2.38. The summed E-state index contributed by atoms with van der Waals surface area (Å²) in [7, 11) is 0. The third-order valence-electron chi connectivity index (χ3n) is 3.78. The van der Waals surface area contributed by atoms with Crippen LogP contribution in [0.1, 0.15) is 26.3 Å². The van der Waals surface area contributed by atoms with Gasteiger partial charge in [-0.3, -0.25) is 4.79 Å². The van der Waals surface area contributed by atoms with Crippen molar-refractivity contribution in [2.24, 2.45) is 10.7 Å². The fourth-order valence-corrected chi connectivity index (χ4v) is 2.51. The number of ether oxygens (including phenoxy) is 1. The normalized spacial score (nSPS) is 25.8. The van der Waals surface area contributed by atoms with Gasteiger partial charge in [0.05, 0.1) is 0 Å². The highest BCUT2D eigenvalue weighted by molar-refractivity contribution is 5.75. The molecule has 0 saturated carbocycles. The van der Waals surface area contributed by atoms with Crippen LogP contribution < -0.4 is 11.1 Å². The predicted molar refractivity (Wildman–Crippen MR) is 75.2 cm³/mol. The van der Waals surface area contributed by atoms with Gasteiger partial charge in [-0.25, -0.2) is 9.38 Å². The van der Waals surface area contributed by atoms with E-state index in [1.165, 1.54) is 6.07 Å².